The number of aromatic nitrogens is 3. The highest BCUT2D eigenvalue weighted by Gasteiger charge is 2.39. The lowest BCUT2D eigenvalue weighted by atomic mass is 10.1. The second-order valence-corrected chi connectivity index (χ2v) is 6.95. The minimum Gasteiger partial charge on any atom is -0.348 e. The Labute approximate surface area is 174 Å². The van der Waals surface area contributed by atoms with E-state index in [9.17, 15) is 22.8 Å². The average Bonchev–Trinajstić information content (AvgIpc) is 3.14. The molecule has 0 saturated heterocycles. The van der Waals surface area contributed by atoms with E-state index in [-0.39, 0.29) is 34.6 Å². The predicted molar refractivity (Wildman–Crippen MR) is 109 cm³/mol. The number of carbonyl (C=O) groups excluding carboxylic acids is 1. The van der Waals surface area contributed by atoms with Crippen molar-refractivity contribution in [2.24, 2.45) is 0 Å². The number of rotatable bonds is 4. The Bertz CT molecular complexity index is 1310. The van der Waals surface area contributed by atoms with Crippen molar-refractivity contribution in [3.8, 4) is 11.1 Å². The number of fused-ring (bicyclic) bond motifs is 1. The van der Waals surface area contributed by atoms with E-state index in [1.54, 1.807) is 42.5 Å². The van der Waals surface area contributed by atoms with E-state index in [2.05, 4.69) is 15.4 Å². The molecule has 2 aromatic heterocycles. The van der Waals surface area contributed by atoms with Crippen LogP contribution in [0.4, 0.5) is 13.2 Å². The smallest absolute Gasteiger partial charge is 0.348 e. The van der Waals surface area contributed by atoms with Gasteiger partial charge in [-0.3, -0.25) is 9.59 Å². The van der Waals surface area contributed by atoms with Crippen molar-refractivity contribution in [2.45, 2.75) is 19.6 Å². The molecule has 4 aromatic rings. The number of halogens is 3. The van der Waals surface area contributed by atoms with E-state index in [4.69, 9.17) is 0 Å². The molecule has 0 aliphatic heterocycles. The van der Waals surface area contributed by atoms with Gasteiger partial charge in [0, 0.05) is 12.2 Å². The molecular formula is C22H17F3N4O2. The molecule has 0 fully saturated rings. The highest BCUT2D eigenvalue weighted by Crippen LogP contribution is 2.38. The molecule has 6 nitrogen and oxygen atoms in total. The highest BCUT2D eigenvalue weighted by atomic mass is 19.4. The third kappa shape index (κ3) is 3.81. The second-order valence-electron chi connectivity index (χ2n) is 6.95. The SMILES string of the molecule is Cc1[nH]c2c(-c3ccccc3)c(C(F)(F)F)nn2c(=O)c1C(=O)NCc1ccccc1. The van der Waals surface area contributed by atoms with Gasteiger partial charge in [-0.15, -0.1) is 0 Å². The number of nitrogens with zero attached hydrogens (tertiary/aromatic N) is 2. The molecule has 158 valence electrons. The van der Waals surface area contributed by atoms with Crippen LogP contribution in [-0.4, -0.2) is 20.5 Å². The van der Waals surface area contributed by atoms with Crippen LogP contribution in [0.3, 0.4) is 0 Å². The Morgan fingerprint density at radius 2 is 1.68 bits per heavy atom. The summed E-state index contributed by atoms with van der Waals surface area (Å²) in [5, 5.41) is 6.15. The number of carbonyl (C=O) groups is 1. The summed E-state index contributed by atoms with van der Waals surface area (Å²) in [7, 11) is 0. The monoisotopic (exact) mass is 426 g/mol. The Morgan fingerprint density at radius 3 is 2.29 bits per heavy atom. The molecule has 2 heterocycles. The van der Waals surface area contributed by atoms with Crippen molar-refractivity contribution in [1.29, 1.82) is 0 Å². The van der Waals surface area contributed by atoms with Gasteiger partial charge in [0.1, 0.15) is 11.2 Å². The summed E-state index contributed by atoms with van der Waals surface area (Å²) in [5.74, 6) is -0.699. The lowest BCUT2D eigenvalue weighted by molar-refractivity contribution is -0.140. The maximum Gasteiger partial charge on any atom is 0.435 e. The number of nitrogens with one attached hydrogen (secondary N) is 2. The fourth-order valence-electron chi connectivity index (χ4n) is 3.40. The molecule has 1 amide bonds. The summed E-state index contributed by atoms with van der Waals surface area (Å²) >= 11 is 0. The number of aromatic amines is 1. The van der Waals surface area contributed by atoms with E-state index in [1.807, 2.05) is 6.07 Å². The van der Waals surface area contributed by atoms with Crippen LogP contribution in [-0.2, 0) is 12.7 Å². The van der Waals surface area contributed by atoms with Crippen LogP contribution in [0, 0.1) is 6.92 Å². The number of hydrogen-bond donors (Lipinski definition) is 2. The minimum absolute atomic E-state index is 0.124. The van der Waals surface area contributed by atoms with Crippen LogP contribution >= 0.6 is 0 Å². The Kier molecular flexibility index (Phi) is 5.10. The van der Waals surface area contributed by atoms with Crippen molar-refractivity contribution < 1.29 is 18.0 Å². The third-order valence-electron chi connectivity index (χ3n) is 4.83. The molecule has 0 unspecified atom stereocenters. The van der Waals surface area contributed by atoms with Crippen LogP contribution in [0.1, 0.15) is 27.3 Å². The predicted octanol–water partition coefficient (Wildman–Crippen LogP) is 3.95. The van der Waals surface area contributed by atoms with Crippen molar-refractivity contribution in [3.05, 3.63) is 93.5 Å². The topological polar surface area (TPSA) is 79.3 Å². The lowest BCUT2D eigenvalue weighted by Gasteiger charge is -2.09. The zero-order valence-corrected chi connectivity index (χ0v) is 16.3. The molecule has 2 aromatic carbocycles. The standard InChI is InChI=1S/C22H17F3N4O2/c1-13-16(20(30)26-12-14-8-4-2-5-9-14)21(31)29-19(27-13)17(15-10-6-3-7-11-15)18(28-29)22(23,24)25/h2-11,27H,12H2,1H3,(H,26,30). The van der Waals surface area contributed by atoms with Gasteiger partial charge in [-0.05, 0) is 18.1 Å². The van der Waals surface area contributed by atoms with Crippen molar-refractivity contribution in [1.82, 2.24) is 19.9 Å². The van der Waals surface area contributed by atoms with Gasteiger partial charge >= 0.3 is 6.18 Å². The van der Waals surface area contributed by atoms with Gasteiger partial charge in [-0.1, -0.05) is 60.7 Å². The summed E-state index contributed by atoms with van der Waals surface area (Å²) < 4.78 is 41.7. The number of H-pyrrole nitrogens is 1. The van der Waals surface area contributed by atoms with E-state index in [1.165, 1.54) is 19.1 Å². The molecule has 4 rings (SSSR count). The Balaban J connectivity index is 1.84. The first-order valence-corrected chi connectivity index (χ1v) is 9.37. The molecule has 0 radical (unpaired) electrons. The van der Waals surface area contributed by atoms with E-state index in [0.717, 1.165) is 5.56 Å². The summed E-state index contributed by atoms with van der Waals surface area (Å²) in [6.07, 6.45) is -4.79. The Hall–Kier alpha value is -3.88. The number of hydrogen-bond acceptors (Lipinski definition) is 3. The largest absolute Gasteiger partial charge is 0.435 e. The van der Waals surface area contributed by atoms with E-state index < -0.39 is 23.3 Å². The number of amides is 1. The van der Waals surface area contributed by atoms with Gasteiger partial charge in [0.05, 0.1) is 5.56 Å². The molecule has 0 spiro atoms. The summed E-state index contributed by atoms with van der Waals surface area (Å²) in [6.45, 7) is 1.63. The summed E-state index contributed by atoms with van der Waals surface area (Å²) in [4.78, 5) is 28.4. The molecule has 9 heteroatoms. The van der Waals surface area contributed by atoms with Crippen LogP contribution in [0.25, 0.3) is 16.8 Å². The first-order chi connectivity index (χ1) is 14.8. The van der Waals surface area contributed by atoms with E-state index >= 15 is 0 Å². The first kappa shape index (κ1) is 20.4. The number of alkyl halides is 3. The quantitative estimate of drug-likeness (QED) is 0.519. The fraction of sp³-hybridized carbons (Fsp3) is 0.136. The van der Waals surface area contributed by atoms with Crippen molar-refractivity contribution in [2.75, 3.05) is 0 Å². The molecule has 2 N–H and O–H groups in total. The normalized spacial score (nSPS) is 11.6. The van der Waals surface area contributed by atoms with Crippen LogP contribution in [0.15, 0.2) is 65.5 Å². The molecule has 31 heavy (non-hydrogen) atoms. The summed E-state index contributed by atoms with van der Waals surface area (Å²) in [5.41, 5.74) is -1.58. The van der Waals surface area contributed by atoms with E-state index in [0.29, 0.717) is 4.52 Å². The molecule has 0 saturated carbocycles. The lowest BCUT2D eigenvalue weighted by Crippen LogP contribution is -2.33. The number of benzene rings is 2. The van der Waals surface area contributed by atoms with Gasteiger partial charge in [0.2, 0.25) is 0 Å². The maximum atomic E-state index is 13.7. The van der Waals surface area contributed by atoms with Crippen molar-refractivity contribution >= 4 is 11.6 Å². The molecule has 0 aliphatic rings. The third-order valence-corrected chi connectivity index (χ3v) is 4.83. The molecule has 0 aliphatic carbocycles. The second kappa shape index (κ2) is 7.75. The zero-order valence-electron chi connectivity index (χ0n) is 16.3. The van der Waals surface area contributed by atoms with Crippen molar-refractivity contribution in [3.63, 3.8) is 0 Å². The average molecular weight is 426 g/mol. The maximum absolute atomic E-state index is 13.7. The van der Waals surface area contributed by atoms with Gasteiger partial charge in [0.25, 0.3) is 11.5 Å². The van der Waals surface area contributed by atoms with Gasteiger partial charge in [-0.25, -0.2) is 0 Å². The van der Waals surface area contributed by atoms with Crippen LogP contribution in [0.5, 0.6) is 0 Å². The number of aryl methyl sites for hydroxylation is 1. The van der Waals surface area contributed by atoms with Gasteiger partial charge in [0.15, 0.2) is 5.69 Å². The van der Waals surface area contributed by atoms with Gasteiger partial charge in [-0.2, -0.15) is 22.8 Å². The molecule has 0 atom stereocenters. The fourth-order valence-corrected chi connectivity index (χ4v) is 3.40. The zero-order chi connectivity index (χ0) is 22.2. The summed E-state index contributed by atoms with van der Waals surface area (Å²) in [6, 6.07) is 16.9. The molecule has 0 bridgehead atoms. The Morgan fingerprint density at radius 1 is 1.06 bits per heavy atom. The van der Waals surface area contributed by atoms with Gasteiger partial charge < -0.3 is 10.3 Å². The van der Waals surface area contributed by atoms with Crippen LogP contribution < -0.4 is 10.9 Å². The van der Waals surface area contributed by atoms with Crippen LogP contribution in [0.2, 0.25) is 0 Å². The highest BCUT2D eigenvalue weighted by molar-refractivity contribution is 5.95. The molecular weight excluding hydrogens is 409 g/mol. The first-order valence-electron chi connectivity index (χ1n) is 9.37. The minimum atomic E-state index is -4.79.